The molecular formula is C13H15NO5. The number of hydrogen-bond donors (Lipinski definition) is 1. The number of fused-ring (bicyclic) bond motifs is 1. The maximum absolute atomic E-state index is 11.9. The highest BCUT2D eigenvalue weighted by Crippen LogP contribution is 2.42. The molecule has 2 N–H and O–H groups in total. The van der Waals surface area contributed by atoms with Gasteiger partial charge in [0.15, 0.2) is 11.5 Å². The summed E-state index contributed by atoms with van der Waals surface area (Å²) in [4.78, 5) is 11.9. The van der Waals surface area contributed by atoms with Crippen molar-refractivity contribution >= 4 is 5.97 Å². The van der Waals surface area contributed by atoms with Crippen LogP contribution in [0.25, 0.3) is 0 Å². The average Bonchev–Trinajstić information content (AvgIpc) is 2.84. The van der Waals surface area contributed by atoms with Gasteiger partial charge < -0.3 is 24.7 Å². The summed E-state index contributed by atoms with van der Waals surface area (Å²) in [6.07, 6.45) is 0. The Kier molecular flexibility index (Phi) is 2.83. The van der Waals surface area contributed by atoms with E-state index in [1.807, 2.05) is 6.07 Å². The first-order valence-corrected chi connectivity index (χ1v) is 5.99. The van der Waals surface area contributed by atoms with E-state index in [9.17, 15) is 4.79 Å². The van der Waals surface area contributed by atoms with Crippen LogP contribution in [0, 0.1) is 5.41 Å². The number of rotatable bonds is 3. The van der Waals surface area contributed by atoms with Crippen LogP contribution in [-0.4, -0.2) is 33.1 Å². The third-order valence-corrected chi connectivity index (χ3v) is 3.66. The molecule has 1 aromatic carbocycles. The zero-order valence-electron chi connectivity index (χ0n) is 10.5. The van der Waals surface area contributed by atoms with Gasteiger partial charge in [-0.05, 0) is 17.7 Å². The second-order valence-corrected chi connectivity index (χ2v) is 4.73. The second-order valence-electron chi connectivity index (χ2n) is 4.73. The molecule has 1 aromatic rings. The number of esters is 1. The van der Waals surface area contributed by atoms with E-state index < -0.39 is 11.5 Å². The monoisotopic (exact) mass is 265 g/mol. The van der Waals surface area contributed by atoms with E-state index >= 15 is 0 Å². The van der Waals surface area contributed by atoms with Gasteiger partial charge in [-0.1, -0.05) is 6.07 Å². The SMILES string of the molecule is COC(=O)C1(C(N)c2ccc3c(c2)OCO3)COC1. The molecule has 2 aliphatic heterocycles. The van der Waals surface area contributed by atoms with Gasteiger partial charge in [-0.2, -0.15) is 0 Å². The van der Waals surface area contributed by atoms with Gasteiger partial charge in [0.2, 0.25) is 6.79 Å². The molecule has 0 bridgehead atoms. The minimum absolute atomic E-state index is 0.208. The average molecular weight is 265 g/mol. The van der Waals surface area contributed by atoms with Crippen molar-refractivity contribution in [2.75, 3.05) is 27.1 Å². The smallest absolute Gasteiger partial charge is 0.318 e. The van der Waals surface area contributed by atoms with E-state index in [1.54, 1.807) is 12.1 Å². The third-order valence-electron chi connectivity index (χ3n) is 3.66. The van der Waals surface area contributed by atoms with Crippen molar-refractivity contribution < 1.29 is 23.7 Å². The van der Waals surface area contributed by atoms with E-state index in [0.717, 1.165) is 5.56 Å². The molecule has 19 heavy (non-hydrogen) atoms. The predicted molar refractivity (Wildman–Crippen MR) is 64.8 cm³/mol. The fourth-order valence-corrected chi connectivity index (χ4v) is 2.38. The Morgan fingerprint density at radius 3 is 2.74 bits per heavy atom. The number of carbonyl (C=O) groups is 1. The highest BCUT2D eigenvalue weighted by molar-refractivity contribution is 5.79. The Morgan fingerprint density at radius 1 is 1.37 bits per heavy atom. The zero-order chi connectivity index (χ0) is 13.5. The molecule has 2 heterocycles. The van der Waals surface area contributed by atoms with Gasteiger partial charge in [-0.25, -0.2) is 0 Å². The standard InChI is InChI=1S/C13H15NO5/c1-16-12(15)13(5-17-6-13)11(14)8-2-3-9-10(4-8)19-7-18-9/h2-4,11H,5-7,14H2,1H3. The van der Waals surface area contributed by atoms with Gasteiger partial charge >= 0.3 is 5.97 Å². The highest BCUT2D eigenvalue weighted by Gasteiger charge is 2.52. The normalized spacial score (nSPS) is 20.5. The number of nitrogens with two attached hydrogens (primary N) is 1. The number of hydrogen-bond acceptors (Lipinski definition) is 6. The van der Waals surface area contributed by atoms with Crippen molar-refractivity contribution in [2.24, 2.45) is 11.1 Å². The predicted octanol–water partition coefficient (Wildman–Crippen LogP) is 0.605. The number of benzene rings is 1. The third kappa shape index (κ3) is 1.75. The summed E-state index contributed by atoms with van der Waals surface area (Å²) in [5.41, 5.74) is 6.23. The fourth-order valence-electron chi connectivity index (χ4n) is 2.38. The minimum atomic E-state index is -0.803. The molecule has 0 amide bonds. The zero-order valence-corrected chi connectivity index (χ0v) is 10.5. The lowest BCUT2D eigenvalue weighted by atomic mass is 9.75. The van der Waals surface area contributed by atoms with Crippen molar-refractivity contribution in [3.63, 3.8) is 0 Å². The van der Waals surface area contributed by atoms with Crippen LogP contribution in [0.3, 0.4) is 0 Å². The molecule has 0 aliphatic carbocycles. The summed E-state index contributed by atoms with van der Waals surface area (Å²) in [6.45, 7) is 0.754. The van der Waals surface area contributed by atoms with Crippen molar-refractivity contribution in [1.29, 1.82) is 0 Å². The van der Waals surface area contributed by atoms with Crippen molar-refractivity contribution in [3.05, 3.63) is 23.8 Å². The topological polar surface area (TPSA) is 80.0 Å². The first-order valence-electron chi connectivity index (χ1n) is 5.99. The lowest BCUT2D eigenvalue weighted by Crippen LogP contribution is -2.56. The molecule has 6 heteroatoms. The highest BCUT2D eigenvalue weighted by atomic mass is 16.7. The Labute approximate surface area is 110 Å². The maximum Gasteiger partial charge on any atom is 0.318 e. The second kappa shape index (κ2) is 4.40. The van der Waals surface area contributed by atoms with Crippen molar-refractivity contribution in [1.82, 2.24) is 0 Å². The molecule has 0 radical (unpaired) electrons. The largest absolute Gasteiger partial charge is 0.468 e. The van der Waals surface area contributed by atoms with Crippen molar-refractivity contribution in [3.8, 4) is 11.5 Å². The molecule has 0 saturated carbocycles. The van der Waals surface area contributed by atoms with Gasteiger partial charge in [-0.15, -0.1) is 0 Å². The van der Waals surface area contributed by atoms with Gasteiger partial charge in [-0.3, -0.25) is 4.79 Å². The van der Waals surface area contributed by atoms with Crippen LogP contribution in [0.5, 0.6) is 11.5 Å². The van der Waals surface area contributed by atoms with E-state index in [-0.39, 0.29) is 26.0 Å². The maximum atomic E-state index is 11.9. The van der Waals surface area contributed by atoms with Crippen LogP contribution in [0.4, 0.5) is 0 Å². The van der Waals surface area contributed by atoms with Crippen LogP contribution in [0.2, 0.25) is 0 Å². The molecule has 1 saturated heterocycles. The lowest BCUT2D eigenvalue weighted by molar-refractivity contribution is -0.188. The molecule has 1 fully saturated rings. The van der Waals surface area contributed by atoms with Crippen molar-refractivity contribution in [2.45, 2.75) is 6.04 Å². The molecule has 2 aliphatic rings. The molecule has 6 nitrogen and oxygen atoms in total. The Hall–Kier alpha value is -1.79. The van der Waals surface area contributed by atoms with Crippen LogP contribution in [-0.2, 0) is 14.3 Å². The van der Waals surface area contributed by atoms with E-state index in [0.29, 0.717) is 11.5 Å². The molecule has 102 valence electrons. The van der Waals surface area contributed by atoms with Gasteiger partial charge in [0, 0.05) is 0 Å². The number of ether oxygens (including phenoxy) is 4. The van der Waals surface area contributed by atoms with E-state index in [2.05, 4.69) is 0 Å². The van der Waals surface area contributed by atoms with Crippen LogP contribution in [0.1, 0.15) is 11.6 Å². The molecule has 1 atom stereocenters. The number of methoxy groups -OCH3 is 1. The molecule has 0 aromatic heterocycles. The van der Waals surface area contributed by atoms with Crippen LogP contribution in [0.15, 0.2) is 18.2 Å². The molecule has 1 unspecified atom stereocenters. The summed E-state index contributed by atoms with van der Waals surface area (Å²) in [5.74, 6) is 0.991. The lowest BCUT2D eigenvalue weighted by Gasteiger charge is -2.42. The van der Waals surface area contributed by atoms with E-state index in [1.165, 1.54) is 7.11 Å². The summed E-state index contributed by atoms with van der Waals surface area (Å²) in [7, 11) is 1.36. The minimum Gasteiger partial charge on any atom is -0.468 e. The summed E-state index contributed by atoms with van der Waals surface area (Å²) in [5, 5.41) is 0. The quantitative estimate of drug-likeness (QED) is 0.806. The summed E-state index contributed by atoms with van der Waals surface area (Å²) in [6, 6.07) is 4.93. The Bertz CT molecular complexity index is 512. The van der Waals surface area contributed by atoms with E-state index in [4.69, 9.17) is 24.7 Å². The summed E-state index contributed by atoms with van der Waals surface area (Å²) >= 11 is 0. The van der Waals surface area contributed by atoms with Gasteiger partial charge in [0.25, 0.3) is 0 Å². The van der Waals surface area contributed by atoms with Gasteiger partial charge in [0.1, 0.15) is 5.41 Å². The summed E-state index contributed by atoms with van der Waals surface area (Å²) < 4.78 is 20.6. The van der Waals surface area contributed by atoms with Gasteiger partial charge in [0.05, 0.1) is 26.4 Å². The van der Waals surface area contributed by atoms with Crippen LogP contribution < -0.4 is 15.2 Å². The Morgan fingerprint density at radius 2 is 2.11 bits per heavy atom. The molecule has 3 rings (SSSR count). The Balaban J connectivity index is 1.91. The first kappa shape index (κ1) is 12.3. The molecule has 0 spiro atoms. The first-order chi connectivity index (χ1) is 9.17. The molecular weight excluding hydrogens is 250 g/mol. The van der Waals surface area contributed by atoms with Crippen LogP contribution >= 0.6 is 0 Å². The number of carbonyl (C=O) groups excluding carboxylic acids is 1. The fraction of sp³-hybridized carbons (Fsp3) is 0.462.